The van der Waals surface area contributed by atoms with Gasteiger partial charge in [0.05, 0.1) is 27.3 Å². The number of ether oxygens (including phenoxy) is 1. The number of Topliss-reactive ketones (excluding diaryl/α,β-unsaturated/α-hetero) is 1. The van der Waals surface area contributed by atoms with E-state index in [2.05, 4.69) is 36.9 Å². The summed E-state index contributed by atoms with van der Waals surface area (Å²) in [6, 6.07) is 6.83. The summed E-state index contributed by atoms with van der Waals surface area (Å²) in [7, 11) is 1.49. The summed E-state index contributed by atoms with van der Waals surface area (Å²) < 4.78 is 5.81. The first-order chi connectivity index (χ1) is 9.52. The van der Waals surface area contributed by atoms with Gasteiger partial charge in [-0.3, -0.25) is 9.59 Å². The Morgan fingerprint density at radius 3 is 2.35 bits per heavy atom. The minimum absolute atomic E-state index is 0.186. The molecule has 0 saturated heterocycles. The quantitative estimate of drug-likeness (QED) is 0.717. The van der Waals surface area contributed by atoms with Crippen molar-refractivity contribution in [2.24, 2.45) is 4.99 Å². The number of carbonyl (C=O) groups excluding carboxylic acids is 2. The highest BCUT2D eigenvalue weighted by Gasteiger charge is 2.18. The first kappa shape index (κ1) is 14.9. The molecule has 0 unspecified atom stereocenters. The molecule has 0 bridgehead atoms. The molecule has 0 fully saturated rings. The summed E-state index contributed by atoms with van der Waals surface area (Å²) in [5.74, 6) is -0.159. The van der Waals surface area contributed by atoms with Crippen LogP contribution in [0, 0.1) is 0 Å². The molecule has 6 heteroatoms. The number of hydrogen-bond acceptors (Lipinski definition) is 3. The number of halogens is 2. The third-order valence-electron chi connectivity index (χ3n) is 2.55. The van der Waals surface area contributed by atoms with Crippen molar-refractivity contribution in [1.82, 2.24) is 0 Å². The number of amides is 1. The van der Waals surface area contributed by atoms with Crippen LogP contribution >= 0.6 is 31.9 Å². The Balaban J connectivity index is 2.36. The van der Waals surface area contributed by atoms with Crippen LogP contribution in [0.1, 0.15) is 10.4 Å². The van der Waals surface area contributed by atoms with Gasteiger partial charge in [0, 0.05) is 0 Å². The van der Waals surface area contributed by atoms with E-state index in [1.807, 2.05) is 0 Å². The van der Waals surface area contributed by atoms with Crippen LogP contribution < -0.4 is 4.74 Å². The van der Waals surface area contributed by atoms with Crippen LogP contribution in [0.5, 0.6) is 5.75 Å². The first-order valence-electron chi connectivity index (χ1n) is 5.58. The topological polar surface area (TPSA) is 55.7 Å². The number of carbonyl (C=O) groups is 2. The van der Waals surface area contributed by atoms with Crippen molar-refractivity contribution in [3.05, 3.63) is 50.9 Å². The number of allylic oxidation sites excluding steroid dienone is 4. The lowest BCUT2D eigenvalue weighted by atomic mass is 10.1. The number of methoxy groups -OCH3 is 1. The van der Waals surface area contributed by atoms with E-state index in [1.54, 1.807) is 24.3 Å². The van der Waals surface area contributed by atoms with Crippen LogP contribution in [-0.2, 0) is 4.79 Å². The van der Waals surface area contributed by atoms with Gasteiger partial charge in [0.1, 0.15) is 5.75 Å². The number of hydrogen-bond donors (Lipinski definition) is 0. The van der Waals surface area contributed by atoms with Crippen LogP contribution in [0.2, 0.25) is 0 Å². The zero-order valence-electron chi connectivity index (χ0n) is 10.4. The number of rotatable bonds is 2. The fraction of sp³-hybridized carbons (Fsp3) is 0.0714. The molecule has 0 spiro atoms. The molecule has 1 aromatic carbocycles. The Labute approximate surface area is 132 Å². The molecule has 0 heterocycles. The molecular weight excluding hydrogens is 390 g/mol. The predicted molar refractivity (Wildman–Crippen MR) is 83.8 cm³/mol. The van der Waals surface area contributed by atoms with E-state index in [0.717, 1.165) is 0 Å². The third kappa shape index (κ3) is 3.13. The Morgan fingerprint density at radius 1 is 1.15 bits per heavy atom. The van der Waals surface area contributed by atoms with Crippen LogP contribution in [0.25, 0.3) is 0 Å². The summed E-state index contributed by atoms with van der Waals surface area (Å²) in [6.07, 6.45) is 3.00. The highest BCUT2D eigenvalue weighted by molar-refractivity contribution is 9.13. The molecule has 1 aliphatic carbocycles. The maximum atomic E-state index is 12.1. The van der Waals surface area contributed by atoms with Gasteiger partial charge in [0.25, 0.3) is 5.91 Å². The highest BCUT2D eigenvalue weighted by Crippen LogP contribution is 2.23. The minimum Gasteiger partial charge on any atom is -0.496 e. The van der Waals surface area contributed by atoms with Gasteiger partial charge >= 0.3 is 0 Å². The van der Waals surface area contributed by atoms with Crippen molar-refractivity contribution < 1.29 is 14.3 Å². The molecule has 1 aromatic rings. The lowest BCUT2D eigenvalue weighted by molar-refractivity contribution is -0.110. The molecule has 0 N–H and O–H groups in total. The summed E-state index contributed by atoms with van der Waals surface area (Å²) in [6.45, 7) is 0. The monoisotopic (exact) mass is 397 g/mol. The van der Waals surface area contributed by atoms with Gasteiger partial charge in [-0.1, -0.05) is 12.1 Å². The fourth-order valence-corrected chi connectivity index (χ4v) is 2.77. The molecule has 1 amide bonds. The zero-order valence-corrected chi connectivity index (χ0v) is 13.6. The number of para-hydroxylation sites is 1. The van der Waals surface area contributed by atoms with E-state index in [0.29, 0.717) is 26.0 Å². The van der Waals surface area contributed by atoms with Crippen molar-refractivity contribution in [1.29, 1.82) is 0 Å². The lowest BCUT2D eigenvalue weighted by Crippen LogP contribution is -2.09. The van der Waals surface area contributed by atoms with E-state index in [9.17, 15) is 9.59 Å². The number of nitrogens with zero attached hydrogens (tertiary/aromatic N) is 1. The Hall–Kier alpha value is -1.53. The largest absolute Gasteiger partial charge is 0.496 e. The average Bonchev–Trinajstić information content (AvgIpc) is 2.44. The molecule has 102 valence electrons. The Kier molecular flexibility index (Phi) is 4.67. The first-order valence-corrected chi connectivity index (χ1v) is 7.16. The Morgan fingerprint density at radius 2 is 1.75 bits per heavy atom. The predicted octanol–water partition coefficient (Wildman–Crippen LogP) is 3.42. The molecule has 0 atom stereocenters. The van der Waals surface area contributed by atoms with Crippen molar-refractivity contribution in [3.8, 4) is 5.75 Å². The van der Waals surface area contributed by atoms with Gasteiger partial charge in [-0.2, -0.15) is 0 Å². The normalized spacial score (nSPS) is 14.6. The molecular formula is C14H9Br2NO3. The number of aliphatic imine (C=N–C) groups is 1. The van der Waals surface area contributed by atoms with Crippen molar-refractivity contribution in [2.45, 2.75) is 0 Å². The highest BCUT2D eigenvalue weighted by atomic mass is 79.9. The van der Waals surface area contributed by atoms with E-state index >= 15 is 0 Å². The van der Waals surface area contributed by atoms with Gasteiger partial charge in [-0.05, 0) is 56.1 Å². The van der Waals surface area contributed by atoms with E-state index in [1.165, 1.54) is 19.3 Å². The Bertz CT molecular complexity index is 651. The van der Waals surface area contributed by atoms with Crippen LogP contribution in [0.15, 0.2) is 50.4 Å². The SMILES string of the molecule is COc1ccccc1C(=O)N=C1C=C(Br)C(=O)C(Br)=C1. The van der Waals surface area contributed by atoms with Crippen LogP contribution in [-0.4, -0.2) is 24.5 Å². The molecule has 0 saturated carbocycles. The van der Waals surface area contributed by atoms with Gasteiger partial charge in [-0.25, -0.2) is 4.99 Å². The van der Waals surface area contributed by atoms with Crippen molar-refractivity contribution >= 4 is 49.3 Å². The summed E-state index contributed by atoms with van der Waals surface area (Å²) in [5.41, 5.74) is 0.757. The number of benzene rings is 1. The fourth-order valence-electron chi connectivity index (χ4n) is 1.61. The van der Waals surface area contributed by atoms with Crippen LogP contribution in [0.4, 0.5) is 0 Å². The molecule has 2 rings (SSSR count). The zero-order chi connectivity index (χ0) is 14.7. The van der Waals surface area contributed by atoms with E-state index in [-0.39, 0.29) is 5.78 Å². The molecule has 0 aliphatic heterocycles. The van der Waals surface area contributed by atoms with Gasteiger partial charge in [-0.15, -0.1) is 0 Å². The molecule has 1 aliphatic rings. The maximum absolute atomic E-state index is 12.1. The minimum atomic E-state index is -0.431. The van der Waals surface area contributed by atoms with Gasteiger partial charge in [0.2, 0.25) is 5.78 Å². The summed E-state index contributed by atoms with van der Waals surface area (Å²) in [5, 5.41) is 0. The standard InChI is InChI=1S/C14H9Br2NO3/c1-20-12-5-3-2-4-9(12)14(19)17-8-6-10(15)13(18)11(16)7-8/h2-7H,1H3. The molecule has 0 aromatic heterocycles. The smallest absolute Gasteiger partial charge is 0.281 e. The van der Waals surface area contributed by atoms with Gasteiger partial charge in [0.15, 0.2) is 0 Å². The molecule has 0 radical (unpaired) electrons. The van der Waals surface area contributed by atoms with Crippen molar-refractivity contribution in [2.75, 3.05) is 7.11 Å². The molecule has 20 heavy (non-hydrogen) atoms. The van der Waals surface area contributed by atoms with Crippen molar-refractivity contribution in [3.63, 3.8) is 0 Å². The lowest BCUT2D eigenvalue weighted by Gasteiger charge is -2.07. The summed E-state index contributed by atoms with van der Waals surface area (Å²) >= 11 is 6.27. The molecule has 4 nitrogen and oxygen atoms in total. The second kappa shape index (κ2) is 6.28. The maximum Gasteiger partial charge on any atom is 0.281 e. The average molecular weight is 399 g/mol. The van der Waals surface area contributed by atoms with E-state index < -0.39 is 5.91 Å². The summed E-state index contributed by atoms with van der Waals surface area (Å²) in [4.78, 5) is 27.7. The number of ketones is 1. The second-order valence-corrected chi connectivity index (χ2v) is 5.56. The van der Waals surface area contributed by atoms with E-state index in [4.69, 9.17) is 4.74 Å². The van der Waals surface area contributed by atoms with Crippen LogP contribution in [0.3, 0.4) is 0 Å². The van der Waals surface area contributed by atoms with Gasteiger partial charge < -0.3 is 4.74 Å². The third-order valence-corrected chi connectivity index (χ3v) is 3.73. The second-order valence-electron chi connectivity index (χ2n) is 3.86.